The maximum Gasteiger partial charge on any atom is 0.133 e. The minimum atomic E-state index is 0.563. The van der Waals surface area contributed by atoms with Crippen LogP contribution in [0.4, 0.5) is 5.82 Å². The molecule has 0 bridgehead atoms. The standard InChI is InChI=1S/C15H24N4O/c1-12-2-4-17-15(14(12)10-16)19-5-3-13(11-19)18-6-8-20-9-7-18/h2,4,13H,3,5-11,16H2,1H3. The van der Waals surface area contributed by atoms with Crippen molar-refractivity contribution in [1.82, 2.24) is 9.88 Å². The van der Waals surface area contributed by atoms with E-state index < -0.39 is 0 Å². The molecule has 0 amide bonds. The molecule has 0 spiro atoms. The Bertz CT molecular complexity index is 459. The first-order valence-corrected chi connectivity index (χ1v) is 7.51. The summed E-state index contributed by atoms with van der Waals surface area (Å²) >= 11 is 0. The Kier molecular flexibility index (Phi) is 4.19. The molecule has 2 saturated heterocycles. The predicted molar refractivity (Wildman–Crippen MR) is 79.9 cm³/mol. The van der Waals surface area contributed by atoms with Crippen molar-refractivity contribution >= 4 is 5.82 Å². The summed E-state index contributed by atoms with van der Waals surface area (Å²) in [6.07, 6.45) is 3.10. The van der Waals surface area contributed by atoms with Crippen molar-refractivity contribution in [3.05, 3.63) is 23.4 Å². The third-order valence-electron chi connectivity index (χ3n) is 4.50. The molecular formula is C15H24N4O. The van der Waals surface area contributed by atoms with Crippen molar-refractivity contribution in [2.24, 2.45) is 5.73 Å². The summed E-state index contributed by atoms with van der Waals surface area (Å²) in [4.78, 5) is 9.53. The first kappa shape index (κ1) is 13.8. The molecule has 1 unspecified atom stereocenters. The minimum absolute atomic E-state index is 0.563. The van der Waals surface area contributed by atoms with Crippen LogP contribution in [0.5, 0.6) is 0 Å². The lowest BCUT2D eigenvalue weighted by atomic mass is 10.1. The van der Waals surface area contributed by atoms with Crippen molar-refractivity contribution in [2.75, 3.05) is 44.3 Å². The van der Waals surface area contributed by atoms with E-state index in [0.29, 0.717) is 12.6 Å². The Hall–Kier alpha value is -1.17. The molecule has 2 aliphatic heterocycles. The normalized spacial score (nSPS) is 24.3. The number of rotatable bonds is 3. The van der Waals surface area contributed by atoms with Gasteiger partial charge in [0, 0.05) is 50.5 Å². The van der Waals surface area contributed by atoms with Gasteiger partial charge in [0.05, 0.1) is 13.2 Å². The number of pyridine rings is 1. The van der Waals surface area contributed by atoms with Gasteiger partial charge in [-0.1, -0.05) is 0 Å². The van der Waals surface area contributed by atoms with Gasteiger partial charge < -0.3 is 15.4 Å². The molecule has 0 radical (unpaired) electrons. The second-order valence-electron chi connectivity index (χ2n) is 5.67. The second-order valence-corrected chi connectivity index (χ2v) is 5.67. The van der Waals surface area contributed by atoms with E-state index in [1.165, 1.54) is 17.5 Å². The van der Waals surface area contributed by atoms with Gasteiger partial charge in [0.2, 0.25) is 0 Å². The number of anilines is 1. The number of ether oxygens (including phenoxy) is 1. The summed E-state index contributed by atoms with van der Waals surface area (Å²) in [6, 6.07) is 2.67. The SMILES string of the molecule is Cc1ccnc(N2CCC(N3CCOCC3)C2)c1CN. The van der Waals surface area contributed by atoms with E-state index >= 15 is 0 Å². The van der Waals surface area contributed by atoms with E-state index in [2.05, 4.69) is 21.7 Å². The highest BCUT2D eigenvalue weighted by Crippen LogP contribution is 2.26. The molecule has 1 atom stereocenters. The number of aryl methyl sites for hydroxylation is 1. The lowest BCUT2D eigenvalue weighted by Crippen LogP contribution is -2.44. The van der Waals surface area contributed by atoms with Crippen LogP contribution in [0, 0.1) is 6.92 Å². The molecule has 0 aliphatic carbocycles. The van der Waals surface area contributed by atoms with Gasteiger partial charge in [0.25, 0.3) is 0 Å². The molecule has 3 rings (SSSR count). The van der Waals surface area contributed by atoms with Crippen molar-refractivity contribution in [1.29, 1.82) is 0 Å². The van der Waals surface area contributed by atoms with Crippen molar-refractivity contribution in [3.8, 4) is 0 Å². The molecule has 5 nitrogen and oxygen atoms in total. The molecule has 2 N–H and O–H groups in total. The fourth-order valence-electron chi connectivity index (χ4n) is 3.27. The number of hydrogen-bond donors (Lipinski definition) is 1. The molecule has 1 aromatic heterocycles. The number of nitrogens with zero attached hydrogens (tertiary/aromatic N) is 3. The van der Waals surface area contributed by atoms with Crippen LogP contribution >= 0.6 is 0 Å². The number of morpholine rings is 1. The molecule has 5 heteroatoms. The number of nitrogens with two attached hydrogens (primary N) is 1. The van der Waals surface area contributed by atoms with Crippen molar-refractivity contribution in [2.45, 2.75) is 25.9 Å². The molecule has 3 heterocycles. The fraction of sp³-hybridized carbons (Fsp3) is 0.667. The van der Waals surface area contributed by atoms with Gasteiger partial charge in [-0.25, -0.2) is 4.98 Å². The summed E-state index contributed by atoms with van der Waals surface area (Å²) in [5.41, 5.74) is 8.34. The molecule has 20 heavy (non-hydrogen) atoms. The van der Waals surface area contributed by atoms with Gasteiger partial charge in [-0.2, -0.15) is 0 Å². The number of aromatic nitrogens is 1. The summed E-state index contributed by atoms with van der Waals surface area (Å²) in [7, 11) is 0. The van der Waals surface area contributed by atoms with Gasteiger partial charge in [0.1, 0.15) is 5.82 Å². The van der Waals surface area contributed by atoms with Crippen LogP contribution in [0.1, 0.15) is 17.5 Å². The maximum atomic E-state index is 5.90. The Morgan fingerprint density at radius 1 is 1.35 bits per heavy atom. The molecule has 0 saturated carbocycles. The van der Waals surface area contributed by atoms with E-state index in [4.69, 9.17) is 10.5 Å². The third-order valence-corrected chi connectivity index (χ3v) is 4.50. The van der Waals surface area contributed by atoms with Gasteiger partial charge in [-0.3, -0.25) is 4.90 Å². The molecule has 2 aliphatic rings. The van der Waals surface area contributed by atoms with Gasteiger partial charge in [-0.05, 0) is 25.0 Å². The summed E-state index contributed by atoms with van der Waals surface area (Å²) in [5.74, 6) is 1.09. The second kappa shape index (κ2) is 6.08. The molecular weight excluding hydrogens is 252 g/mol. The average Bonchev–Trinajstić information content (AvgIpc) is 2.97. The highest BCUT2D eigenvalue weighted by molar-refractivity contribution is 5.51. The van der Waals surface area contributed by atoms with Gasteiger partial charge in [-0.15, -0.1) is 0 Å². The third kappa shape index (κ3) is 2.66. The van der Waals surface area contributed by atoms with Crippen LogP contribution in [0.2, 0.25) is 0 Å². The summed E-state index contributed by atoms with van der Waals surface area (Å²) in [6.45, 7) is 8.67. The largest absolute Gasteiger partial charge is 0.379 e. The van der Waals surface area contributed by atoms with Crippen LogP contribution in [0.25, 0.3) is 0 Å². The molecule has 110 valence electrons. The zero-order chi connectivity index (χ0) is 13.9. The Labute approximate surface area is 120 Å². The van der Waals surface area contributed by atoms with E-state index in [1.54, 1.807) is 0 Å². The zero-order valence-electron chi connectivity index (χ0n) is 12.2. The fourth-order valence-corrected chi connectivity index (χ4v) is 3.27. The Balaban J connectivity index is 1.72. The summed E-state index contributed by atoms with van der Waals surface area (Å²) in [5, 5.41) is 0. The zero-order valence-corrected chi connectivity index (χ0v) is 12.2. The number of hydrogen-bond acceptors (Lipinski definition) is 5. The lowest BCUT2D eigenvalue weighted by molar-refractivity contribution is 0.0209. The monoisotopic (exact) mass is 276 g/mol. The topological polar surface area (TPSA) is 54.6 Å². The highest BCUT2D eigenvalue weighted by atomic mass is 16.5. The van der Waals surface area contributed by atoms with Crippen molar-refractivity contribution in [3.63, 3.8) is 0 Å². The van der Waals surface area contributed by atoms with Crippen LogP contribution in [0.3, 0.4) is 0 Å². The van der Waals surface area contributed by atoms with E-state index in [0.717, 1.165) is 45.2 Å². The van der Waals surface area contributed by atoms with Crippen molar-refractivity contribution < 1.29 is 4.74 Å². The first-order valence-electron chi connectivity index (χ1n) is 7.51. The minimum Gasteiger partial charge on any atom is -0.379 e. The lowest BCUT2D eigenvalue weighted by Gasteiger charge is -2.32. The molecule has 0 aromatic carbocycles. The van der Waals surface area contributed by atoms with Gasteiger partial charge in [0.15, 0.2) is 0 Å². The van der Waals surface area contributed by atoms with E-state index in [1.807, 2.05) is 12.3 Å². The Morgan fingerprint density at radius 2 is 2.15 bits per heavy atom. The predicted octanol–water partition coefficient (Wildman–Crippen LogP) is 0.760. The maximum absolute atomic E-state index is 5.90. The van der Waals surface area contributed by atoms with Crippen LogP contribution in [0.15, 0.2) is 12.3 Å². The van der Waals surface area contributed by atoms with Gasteiger partial charge >= 0.3 is 0 Å². The molecule has 2 fully saturated rings. The molecule has 1 aromatic rings. The van der Waals surface area contributed by atoms with E-state index in [-0.39, 0.29) is 0 Å². The average molecular weight is 276 g/mol. The Morgan fingerprint density at radius 3 is 2.90 bits per heavy atom. The van der Waals surface area contributed by atoms with Crippen LogP contribution < -0.4 is 10.6 Å². The van der Waals surface area contributed by atoms with Crippen LogP contribution in [-0.2, 0) is 11.3 Å². The smallest absolute Gasteiger partial charge is 0.133 e. The first-order chi connectivity index (χ1) is 9.79. The van der Waals surface area contributed by atoms with Crippen LogP contribution in [-0.4, -0.2) is 55.3 Å². The van der Waals surface area contributed by atoms with E-state index in [9.17, 15) is 0 Å². The highest BCUT2D eigenvalue weighted by Gasteiger charge is 2.30. The summed E-state index contributed by atoms with van der Waals surface area (Å²) < 4.78 is 5.44. The quantitative estimate of drug-likeness (QED) is 0.883.